The van der Waals surface area contributed by atoms with Gasteiger partial charge in [0.2, 0.25) is 0 Å². The number of fused-ring (bicyclic) bond motifs is 2. The Hall–Kier alpha value is -6.10. The van der Waals surface area contributed by atoms with E-state index in [1.165, 1.54) is 49.6 Å². The Kier molecular flexibility index (Phi) is 5.93. The van der Waals surface area contributed by atoms with Gasteiger partial charge in [0.1, 0.15) is 56.6 Å². The van der Waals surface area contributed by atoms with E-state index in [1.807, 2.05) is 0 Å². The monoisotopic (exact) mass is 568 g/mol. The summed E-state index contributed by atoms with van der Waals surface area (Å²) in [6.45, 7) is 0. The van der Waals surface area contributed by atoms with Crippen LogP contribution in [0.15, 0.2) is 85.2 Å². The highest BCUT2D eigenvalue weighted by Gasteiger charge is 2.24. The van der Waals surface area contributed by atoms with Gasteiger partial charge in [0.15, 0.2) is 27.9 Å². The molecule has 0 saturated heterocycles. The van der Waals surface area contributed by atoms with E-state index in [-0.39, 0.29) is 67.4 Å². The molecule has 0 spiro atoms. The number of phenols is 6. The molecule has 6 rings (SSSR count). The maximum Gasteiger partial charge on any atom is 0.197 e. The van der Waals surface area contributed by atoms with Crippen LogP contribution in [0.5, 0.6) is 40.2 Å². The number of ether oxygens (including phenoxy) is 1. The van der Waals surface area contributed by atoms with Crippen LogP contribution >= 0.6 is 0 Å². The molecule has 2 heterocycles. The van der Waals surface area contributed by atoms with Crippen LogP contribution in [-0.4, -0.2) is 37.7 Å². The van der Waals surface area contributed by atoms with E-state index in [1.54, 1.807) is 0 Å². The molecule has 6 N–H and O–H groups in total. The normalized spacial score (nSPS) is 11.3. The molecule has 0 unspecified atom stereocenters. The first-order valence-corrected chi connectivity index (χ1v) is 12.3. The lowest BCUT2D eigenvalue weighted by atomic mass is 9.96. The highest BCUT2D eigenvalue weighted by molar-refractivity contribution is 6.02. The SMILES string of the molecule is COc1cc(O)c2c(=O)cc(-c3cc(O)c(O)c(-c4c(O)cc(O)c5c(=O)cc(-c6ccc(O)cc6)oc45)c3)oc2c1. The first kappa shape index (κ1) is 26.1. The molecule has 42 heavy (non-hydrogen) atoms. The van der Waals surface area contributed by atoms with Gasteiger partial charge < -0.3 is 44.2 Å². The number of hydrogen-bond acceptors (Lipinski definition) is 11. The second-order valence-corrected chi connectivity index (χ2v) is 9.40. The Morgan fingerprint density at radius 3 is 1.95 bits per heavy atom. The van der Waals surface area contributed by atoms with Crippen molar-refractivity contribution in [3.8, 4) is 74.0 Å². The molecule has 6 aromatic rings. The predicted octanol–water partition coefficient (Wildman–Crippen LogP) is 5.14. The molecule has 0 atom stereocenters. The minimum atomic E-state index is -0.707. The third-order valence-electron chi connectivity index (χ3n) is 6.78. The molecule has 0 amide bonds. The second kappa shape index (κ2) is 9.52. The molecule has 0 fully saturated rings. The highest BCUT2D eigenvalue weighted by Crippen LogP contribution is 2.48. The summed E-state index contributed by atoms with van der Waals surface area (Å²) in [4.78, 5) is 26.0. The van der Waals surface area contributed by atoms with Crippen molar-refractivity contribution in [2.45, 2.75) is 0 Å². The molecule has 2 aromatic heterocycles. The van der Waals surface area contributed by atoms with Crippen molar-refractivity contribution < 1.29 is 44.2 Å². The van der Waals surface area contributed by atoms with Crippen LogP contribution in [-0.2, 0) is 0 Å². The Morgan fingerprint density at radius 1 is 0.619 bits per heavy atom. The number of phenolic OH excluding ortho intramolecular Hbond substituents is 6. The fraction of sp³-hybridized carbons (Fsp3) is 0.0323. The smallest absolute Gasteiger partial charge is 0.197 e. The summed E-state index contributed by atoms with van der Waals surface area (Å²) in [5.41, 5.74) is -1.64. The largest absolute Gasteiger partial charge is 0.508 e. The molecule has 210 valence electrons. The van der Waals surface area contributed by atoms with Crippen LogP contribution < -0.4 is 15.6 Å². The lowest BCUT2D eigenvalue weighted by molar-refractivity contribution is 0.404. The summed E-state index contributed by atoms with van der Waals surface area (Å²) in [6.07, 6.45) is 0. The number of aromatic hydroxyl groups is 6. The third kappa shape index (κ3) is 4.16. The minimum absolute atomic E-state index is 0.0212. The van der Waals surface area contributed by atoms with Crippen LogP contribution in [0.25, 0.3) is 55.7 Å². The average Bonchev–Trinajstić information content (AvgIpc) is 2.94. The predicted molar refractivity (Wildman–Crippen MR) is 151 cm³/mol. The molecular weight excluding hydrogens is 548 g/mol. The van der Waals surface area contributed by atoms with Gasteiger partial charge in [-0.3, -0.25) is 9.59 Å². The fourth-order valence-corrected chi connectivity index (χ4v) is 4.79. The molecule has 0 aliphatic heterocycles. The summed E-state index contributed by atoms with van der Waals surface area (Å²) in [5.74, 6) is -2.80. The van der Waals surface area contributed by atoms with Crippen molar-refractivity contribution in [2.24, 2.45) is 0 Å². The summed E-state index contributed by atoms with van der Waals surface area (Å²) in [6, 6.07) is 13.8. The summed E-state index contributed by atoms with van der Waals surface area (Å²) < 4.78 is 16.9. The van der Waals surface area contributed by atoms with Gasteiger partial charge in [-0.2, -0.15) is 0 Å². The quantitative estimate of drug-likeness (QED) is 0.154. The second-order valence-electron chi connectivity index (χ2n) is 9.40. The van der Waals surface area contributed by atoms with Gasteiger partial charge in [-0.25, -0.2) is 0 Å². The van der Waals surface area contributed by atoms with Crippen molar-refractivity contribution in [3.63, 3.8) is 0 Å². The van der Waals surface area contributed by atoms with Crippen molar-refractivity contribution in [1.29, 1.82) is 0 Å². The topological polar surface area (TPSA) is 191 Å². The van der Waals surface area contributed by atoms with E-state index in [0.29, 0.717) is 5.56 Å². The van der Waals surface area contributed by atoms with E-state index in [0.717, 1.165) is 24.3 Å². The zero-order chi connectivity index (χ0) is 29.9. The van der Waals surface area contributed by atoms with E-state index in [4.69, 9.17) is 13.6 Å². The van der Waals surface area contributed by atoms with Gasteiger partial charge >= 0.3 is 0 Å². The summed E-state index contributed by atoms with van der Waals surface area (Å²) >= 11 is 0. The molecule has 11 nitrogen and oxygen atoms in total. The molecular formula is C31H20O11. The van der Waals surface area contributed by atoms with Crippen LogP contribution in [0, 0.1) is 0 Å². The van der Waals surface area contributed by atoms with Crippen molar-refractivity contribution in [2.75, 3.05) is 7.11 Å². The van der Waals surface area contributed by atoms with Crippen LogP contribution in [0.4, 0.5) is 0 Å². The average molecular weight is 568 g/mol. The molecule has 0 bridgehead atoms. The number of benzene rings is 4. The van der Waals surface area contributed by atoms with E-state index >= 15 is 0 Å². The van der Waals surface area contributed by atoms with Gasteiger partial charge in [0, 0.05) is 47.0 Å². The van der Waals surface area contributed by atoms with Crippen LogP contribution in [0.2, 0.25) is 0 Å². The minimum Gasteiger partial charge on any atom is -0.508 e. The molecule has 0 aliphatic rings. The number of methoxy groups -OCH3 is 1. The molecule has 0 radical (unpaired) electrons. The first-order chi connectivity index (χ1) is 20.0. The zero-order valence-corrected chi connectivity index (χ0v) is 21.6. The number of rotatable bonds is 4. The molecule has 0 aliphatic carbocycles. The standard InChI is InChI=1S/C31H20O11/c1-40-16-8-18(33)28-21(36)11-25(41-26(28)9-16)14-6-17(30(39)23(38)7-14)27-19(34)10-20(35)29-22(37)12-24(42-31(27)29)13-2-4-15(32)5-3-13/h2-12,32-35,38-39H,1H3. The maximum absolute atomic E-state index is 13.1. The molecule has 0 saturated carbocycles. The number of hydrogen-bond donors (Lipinski definition) is 6. The Morgan fingerprint density at radius 2 is 1.26 bits per heavy atom. The van der Waals surface area contributed by atoms with Gasteiger partial charge in [0.05, 0.1) is 12.7 Å². The van der Waals surface area contributed by atoms with E-state index in [9.17, 15) is 40.2 Å². The Bertz CT molecular complexity index is 2170. The summed E-state index contributed by atoms with van der Waals surface area (Å²) in [7, 11) is 1.37. The van der Waals surface area contributed by atoms with Crippen LogP contribution in [0.1, 0.15) is 0 Å². The lowest BCUT2D eigenvalue weighted by Gasteiger charge is -2.15. The van der Waals surface area contributed by atoms with Gasteiger partial charge in [-0.05, 0) is 36.4 Å². The lowest BCUT2D eigenvalue weighted by Crippen LogP contribution is -2.02. The van der Waals surface area contributed by atoms with E-state index in [2.05, 4.69) is 0 Å². The summed E-state index contributed by atoms with van der Waals surface area (Å²) in [5, 5.41) is 62.5. The Labute approximate surface area is 234 Å². The third-order valence-corrected chi connectivity index (χ3v) is 6.78. The van der Waals surface area contributed by atoms with Crippen LogP contribution in [0.3, 0.4) is 0 Å². The fourth-order valence-electron chi connectivity index (χ4n) is 4.79. The highest BCUT2D eigenvalue weighted by atomic mass is 16.5. The maximum atomic E-state index is 13.1. The first-order valence-electron chi connectivity index (χ1n) is 12.3. The van der Waals surface area contributed by atoms with Crippen molar-refractivity contribution >= 4 is 21.9 Å². The zero-order valence-electron chi connectivity index (χ0n) is 21.6. The van der Waals surface area contributed by atoms with Gasteiger partial charge in [0.25, 0.3) is 0 Å². The van der Waals surface area contributed by atoms with Gasteiger partial charge in [-0.1, -0.05) is 0 Å². The Balaban J connectivity index is 1.63. The van der Waals surface area contributed by atoms with Crippen molar-refractivity contribution in [3.05, 3.63) is 87.2 Å². The molecule has 11 heteroatoms. The van der Waals surface area contributed by atoms with Crippen molar-refractivity contribution in [1.82, 2.24) is 0 Å². The van der Waals surface area contributed by atoms with Gasteiger partial charge in [-0.15, -0.1) is 0 Å². The molecule has 4 aromatic carbocycles. The van der Waals surface area contributed by atoms with E-state index < -0.39 is 33.9 Å².